The molecule has 0 bridgehead atoms. The summed E-state index contributed by atoms with van der Waals surface area (Å²) in [6.07, 6.45) is 2.75. The number of hydrogen-bond acceptors (Lipinski definition) is 3. The van der Waals surface area contributed by atoms with E-state index in [0.29, 0.717) is 13.0 Å². The molecule has 1 aromatic carbocycles. The second-order valence-electron chi connectivity index (χ2n) is 4.68. The quantitative estimate of drug-likeness (QED) is 0.882. The monoisotopic (exact) mass is 248 g/mol. The normalized spacial score (nSPS) is 17.7. The van der Waals surface area contributed by atoms with Crippen LogP contribution in [0.5, 0.6) is 5.75 Å². The molecule has 1 aromatic rings. The number of hydrogen-bond donors (Lipinski definition) is 1. The maximum atomic E-state index is 11.7. The van der Waals surface area contributed by atoms with Crippen LogP contribution >= 0.6 is 0 Å². The van der Waals surface area contributed by atoms with Crippen molar-refractivity contribution in [2.45, 2.75) is 25.3 Å². The Bertz CT molecular complexity index is 403. The van der Waals surface area contributed by atoms with Crippen molar-refractivity contribution < 1.29 is 9.53 Å². The van der Waals surface area contributed by atoms with E-state index < -0.39 is 0 Å². The van der Waals surface area contributed by atoms with E-state index >= 15 is 0 Å². The van der Waals surface area contributed by atoms with E-state index in [1.54, 1.807) is 7.11 Å². The number of nitrogens with two attached hydrogens (primary N) is 1. The first kappa shape index (κ1) is 12.9. The number of ether oxygens (including phenoxy) is 1. The predicted molar refractivity (Wildman–Crippen MR) is 70.4 cm³/mol. The number of rotatable bonds is 4. The van der Waals surface area contributed by atoms with Crippen LogP contribution in [0.25, 0.3) is 0 Å². The average Bonchev–Trinajstić information content (AvgIpc) is 2.41. The number of likely N-dealkylation sites (tertiary alicyclic amines) is 1. The van der Waals surface area contributed by atoms with E-state index in [-0.39, 0.29) is 11.9 Å². The molecule has 4 nitrogen and oxygen atoms in total. The molecule has 98 valence electrons. The van der Waals surface area contributed by atoms with Gasteiger partial charge in [0.15, 0.2) is 0 Å². The highest BCUT2D eigenvalue weighted by Gasteiger charge is 2.20. The van der Waals surface area contributed by atoms with Gasteiger partial charge in [-0.2, -0.15) is 0 Å². The van der Waals surface area contributed by atoms with Crippen molar-refractivity contribution in [3.63, 3.8) is 0 Å². The third-order valence-electron chi connectivity index (χ3n) is 3.38. The minimum absolute atomic E-state index is 0.127. The van der Waals surface area contributed by atoms with Gasteiger partial charge < -0.3 is 15.4 Å². The molecule has 1 unspecified atom stereocenters. The lowest BCUT2D eigenvalue weighted by Crippen LogP contribution is -2.40. The van der Waals surface area contributed by atoms with Crippen molar-refractivity contribution in [3.8, 4) is 5.75 Å². The molecule has 1 aliphatic heterocycles. The minimum Gasteiger partial charge on any atom is -0.497 e. The molecule has 1 atom stereocenters. The molecule has 0 aromatic heterocycles. The standard InChI is InChI=1S/C14H20N2O2/c1-18-12-7-5-11(6-8-12)13(15)10-16-9-3-2-4-14(16)17/h5-8,13H,2-4,9-10,15H2,1H3. The molecule has 0 saturated carbocycles. The van der Waals surface area contributed by atoms with Crippen molar-refractivity contribution >= 4 is 5.91 Å². The van der Waals surface area contributed by atoms with Gasteiger partial charge in [-0.25, -0.2) is 0 Å². The molecule has 0 spiro atoms. The van der Waals surface area contributed by atoms with Gasteiger partial charge in [0.05, 0.1) is 7.11 Å². The van der Waals surface area contributed by atoms with Crippen LogP contribution in [0.3, 0.4) is 0 Å². The number of amides is 1. The Kier molecular flexibility index (Phi) is 4.20. The van der Waals surface area contributed by atoms with Crippen molar-refractivity contribution in [1.29, 1.82) is 0 Å². The second kappa shape index (κ2) is 5.87. The van der Waals surface area contributed by atoms with Gasteiger partial charge in [0.25, 0.3) is 0 Å². The Morgan fingerprint density at radius 1 is 1.33 bits per heavy atom. The smallest absolute Gasteiger partial charge is 0.222 e. The highest BCUT2D eigenvalue weighted by atomic mass is 16.5. The summed E-state index contributed by atoms with van der Waals surface area (Å²) in [5.74, 6) is 1.05. The Morgan fingerprint density at radius 3 is 2.67 bits per heavy atom. The van der Waals surface area contributed by atoms with Gasteiger partial charge >= 0.3 is 0 Å². The van der Waals surface area contributed by atoms with E-state index in [9.17, 15) is 4.79 Å². The van der Waals surface area contributed by atoms with Crippen LogP contribution in [-0.4, -0.2) is 31.0 Å². The molecule has 1 heterocycles. The fraction of sp³-hybridized carbons (Fsp3) is 0.500. The molecule has 1 aliphatic rings. The molecule has 1 saturated heterocycles. The summed E-state index contributed by atoms with van der Waals surface area (Å²) >= 11 is 0. The third kappa shape index (κ3) is 3.01. The zero-order valence-corrected chi connectivity index (χ0v) is 10.8. The van der Waals surface area contributed by atoms with Crippen LogP contribution in [0.2, 0.25) is 0 Å². The van der Waals surface area contributed by atoms with E-state index in [2.05, 4.69) is 0 Å². The molecule has 18 heavy (non-hydrogen) atoms. The van der Waals surface area contributed by atoms with E-state index in [4.69, 9.17) is 10.5 Å². The lowest BCUT2D eigenvalue weighted by atomic mass is 10.0. The van der Waals surface area contributed by atoms with Crippen molar-refractivity contribution in [2.75, 3.05) is 20.2 Å². The van der Waals surface area contributed by atoms with Crippen LogP contribution in [0.4, 0.5) is 0 Å². The number of carbonyl (C=O) groups is 1. The topological polar surface area (TPSA) is 55.6 Å². The summed E-state index contributed by atoms with van der Waals surface area (Å²) in [6.45, 7) is 1.44. The first-order chi connectivity index (χ1) is 8.70. The van der Waals surface area contributed by atoms with Gasteiger partial charge in [0.2, 0.25) is 5.91 Å². The second-order valence-corrected chi connectivity index (χ2v) is 4.68. The zero-order valence-electron chi connectivity index (χ0n) is 10.8. The van der Waals surface area contributed by atoms with Crippen LogP contribution in [0.1, 0.15) is 30.9 Å². The summed E-state index contributed by atoms with van der Waals surface area (Å²) < 4.78 is 5.11. The van der Waals surface area contributed by atoms with Crippen LogP contribution in [-0.2, 0) is 4.79 Å². The fourth-order valence-electron chi connectivity index (χ4n) is 2.25. The van der Waals surface area contributed by atoms with Gasteiger partial charge in [0.1, 0.15) is 5.75 Å². The maximum absolute atomic E-state index is 11.7. The SMILES string of the molecule is COc1ccc(C(N)CN2CCCCC2=O)cc1. The third-order valence-corrected chi connectivity index (χ3v) is 3.38. The first-order valence-corrected chi connectivity index (χ1v) is 6.38. The Balaban J connectivity index is 1.97. The summed E-state index contributed by atoms with van der Waals surface area (Å²) in [5.41, 5.74) is 7.18. The molecule has 0 aliphatic carbocycles. The number of carbonyl (C=O) groups excluding carboxylic acids is 1. The number of piperidine rings is 1. The lowest BCUT2D eigenvalue weighted by molar-refractivity contribution is -0.133. The summed E-state index contributed by atoms with van der Waals surface area (Å²) in [5, 5.41) is 0. The van der Waals surface area contributed by atoms with Crippen molar-refractivity contribution in [3.05, 3.63) is 29.8 Å². The molecule has 2 rings (SSSR count). The van der Waals surface area contributed by atoms with Crippen LogP contribution < -0.4 is 10.5 Å². The molecule has 2 N–H and O–H groups in total. The number of nitrogens with zero attached hydrogens (tertiary/aromatic N) is 1. The van der Waals surface area contributed by atoms with Crippen LogP contribution in [0.15, 0.2) is 24.3 Å². The molecule has 1 amide bonds. The van der Waals surface area contributed by atoms with Crippen molar-refractivity contribution in [2.24, 2.45) is 5.73 Å². The van der Waals surface area contributed by atoms with Gasteiger partial charge in [-0.1, -0.05) is 12.1 Å². The molecule has 4 heteroatoms. The molecule has 0 radical (unpaired) electrons. The van der Waals surface area contributed by atoms with E-state index in [1.165, 1.54) is 0 Å². The highest BCUT2D eigenvalue weighted by Crippen LogP contribution is 2.19. The first-order valence-electron chi connectivity index (χ1n) is 6.38. The largest absolute Gasteiger partial charge is 0.497 e. The number of methoxy groups -OCH3 is 1. The summed E-state index contributed by atoms with van der Waals surface area (Å²) in [7, 11) is 1.64. The highest BCUT2D eigenvalue weighted by molar-refractivity contribution is 5.76. The molecular formula is C14H20N2O2. The molecule has 1 fully saturated rings. The predicted octanol–water partition coefficient (Wildman–Crippen LogP) is 1.71. The fourth-order valence-corrected chi connectivity index (χ4v) is 2.25. The number of benzene rings is 1. The van der Waals surface area contributed by atoms with E-state index in [1.807, 2.05) is 29.2 Å². The Hall–Kier alpha value is -1.55. The maximum Gasteiger partial charge on any atom is 0.222 e. The molecular weight excluding hydrogens is 228 g/mol. The Morgan fingerprint density at radius 2 is 2.06 bits per heavy atom. The van der Waals surface area contributed by atoms with Gasteiger partial charge in [-0.05, 0) is 30.5 Å². The van der Waals surface area contributed by atoms with E-state index in [0.717, 1.165) is 30.7 Å². The van der Waals surface area contributed by atoms with Gasteiger partial charge in [0, 0.05) is 25.6 Å². The summed E-state index contributed by atoms with van der Waals surface area (Å²) in [6, 6.07) is 7.58. The zero-order chi connectivity index (χ0) is 13.0. The Labute approximate surface area is 108 Å². The minimum atomic E-state index is -0.127. The lowest BCUT2D eigenvalue weighted by Gasteiger charge is -2.29. The van der Waals surface area contributed by atoms with Crippen molar-refractivity contribution in [1.82, 2.24) is 4.90 Å². The van der Waals surface area contributed by atoms with Gasteiger partial charge in [-0.15, -0.1) is 0 Å². The average molecular weight is 248 g/mol. The van der Waals surface area contributed by atoms with Crippen LogP contribution in [0, 0.1) is 0 Å². The summed E-state index contributed by atoms with van der Waals surface area (Å²) in [4.78, 5) is 13.6. The van der Waals surface area contributed by atoms with Gasteiger partial charge in [-0.3, -0.25) is 4.79 Å².